The third-order valence-electron chi connectivity index (χ3n) is 3.88. The van der Waals surface area contributed by atoms with E-state index in [1.807, 2.05) is 0 Å². The van der Waals surface area contributed by atoms with E-state index >= 15 is 0 Å². The number of ether oxygens (including phenoxy) is 4. The van der Waals surface area contributed by atoms with E-state index in [1.165, 1.54) is 30.3 Å². The van der Waals surface area contributed by atoms with E-state index < -0.39 is 23.9 Å². The maximum absolute atomic E-state index is 11.7. The Hall–Kier alpha value is -4.98. The van der Waals surface area contributed by atoms with Crippen LogP contribution in [0.25, 0.3) is 12.2 Å². The molecule has 172 valence electrons. The zero-order valence-electron chi connectivity index (χ0n) is 18.0. The molecule has 0 saturated heterocycles. The molecular formula is C26H20O8. The summed E-state index contributed by atoms with van der Waals surface area (Å²) in [4.78, 5) is 46.4. The minimum absolute atomic E-state index is 0.0862. The summed E-state index contributed by atoms with van der Waals surface area (Å²) in [5.74, 6) is -2.40. The van der Waals surface area contributed by atoms with E-state index in [9.17, 15) is 19.2 Å². The Bertz CT molecular complexity index is 1160. The summed E-state index contributed by atoms with van der Waals surface area (Å²) in [6.07, 6.45) is 7.11. The van der Waals surface area contributed by atoms with Crippen molar-refractivity contribution < 1.29 is 38.1 Å². The van der Waals surface area contributed by atoms with Crippen molar-refractivity contribution in [1.29, 1.82) is 0 Å². The number of carbonyl (C=O) groups is 4. The zero-order valence-corrected chi connectivity index (χ0v) is 18.0. The third kappa shape index (κ3) is 7.61. The number of esters is 4. The van der Waals surface area contributed by atoms with Crippen LogP contribution in [0.5, 0.6) is 23.0 Å². The number of hydrogen-bond donors (Lipinski definition) is 0. The fraction of sp³-hybridized carbons (Fsp3) is 0. The summed E-state index contributed by atoms with van der Waals surface area (Å²) in [6, 6.07) is 8.76. The second-order valence-electron chi connectivity index (χ2n) is 6.27. The highest BCUT2D eigenvalue weighted by molar-refractivity contribution is 5.87. The molecule has 0 unspecified atom stereocenters. The lowest BCUT2D eigenvalue weighted by molar-refractivity contribution is -0.130. The quantitative estimate of drug-likeness (QED) is 0.225. The topological polar surface area (TPSA) is 105 Å². The summed E-state index contributed by atoms with van der Waals surface area (Å²) in [5, 5.41) is 0. The Morgan fingerprint density at radius 3 is 1.53 bits per heavy atom. The molecular weight excluding hydrogens is 440 g/mol. The largest absolute Gasteiger partial charge is 0.423 e. The molecule has 0 spiro atoms. The first-order valence-electron chi connectivity index (χ1n) is 9.62. The molecule has 0 heterocycles. The molecule has 2 rings (SSSR count). The van der Waals surface area contributed by atoms with Gasteiger partial charge in [0.2, 0.25) is 0 Å². The van der Waals surface area contributed by atoms with Crippen LogP contribution in [0, 0.1) is 0 Å². The van der Waals surface area contributed by atoms with Gasteiger partial charge in [0.05, 0.1) is 0 Å². The van der Waals surface area contributed by atoms with Crippen molar-refractivity contribution in [3.63, 3.8) is 0 Å². The summed E-state index contributed by atoms with van der Waals surface area (Å²) < 4.78 is 20.5. The average Bonchev–Trinajstić information content (AvgIpc) is 2.82. The van der Waals surface area contributed by atoms with Crippen LogP contribution in [0.4, 0.5) is 0 Å². The van der Waals surface area contributed by atoms with Crippen molar-refractivity contribution >= 4 is 36.0 Å². The lowest BCUT2D eigenvalue weighted by atomic mass is 10.1. The van der Waals surface area contributed by atoms with Crippen molar-refractivity contribution in [2.24, 2.45) is 0 Å². The van der Waals surface area contributed by atoms with Gasteiger partial charge in [-0.1, -0.05) is 38.5 Å². The number of carbonyl (C=O) groups excluding carboxylic acids is 4. The number of hydrogen-bond acceptors (Lipinski definition) is 8. The van der Waals surface area contributed by atoms with Gasteiger partial charge in [-0.3, -0.25) is 0 Å². The van der Waals surface area contributed by atoms with Gasteiger partial charge in [-0.05, 0) is 29.8 Å². The van der Waals surface area contributed by atoms with E-state index in [1.54, 1.807) is 18.2 Å². The zero-order chi connectivity index (χ0) is 25.1. The minimum Gasteiger partial charge on any atom is -0.423 e. The summed E-state index contributed by atoms with van der Waals surface area (Å²) >= 11 is 0. The molecule has 0 amide bonds. The first kappa shape index (κ1) is 25.3. The maximum Gasteiger partial charge on any atom is 0.335 e. The van der Waals surface area contributed by atoms with Gasteiger partial charge in [0, 0.05) is 42.0 Å². The second kappa shape index (κ2) is 12.2. The molecule has 0 aliphatic carbocycles. The van der Waals surface area contributed by atoms with Gasteiger partial charge >= 0.3 is 23.9 Å². The molecule has 0 aliphatic rings. The molecule has 0 N–H and O–H groups in total. The van der Waals surface area contributed by atoms with E-state index in [4.69, 9.17) is 18.9 Å². The van der Waals surface area contributed by atoms with Gasteiger partial charge in [0.25, 0.3) is 0 Å². The lowest BCUT2D eigenvalue weighted by Crippen LogP contribution is -2.06. The van der Waals surface area contributed by atoms with E-state index in [-0.39, 0.29) is 23.0 Å². The summed E-state index contributed by atoms with van der Waals surface area (Å²) in [7, 11) is 0. The summed E-state index contributed by atoms with van der Waals surface area (Å²) in [5.41, 5.74) is 0.913. The molecule has 0 aliphatic heterocycles. The first-order chi connectivity index (χ1) is 16.3. The minimum atomic E-state index is -0.723. The fourth-order valence-electron chi connectivity index (χ4n) is 2.42. The van der Waals surface area contributed by atoms with Gasteiger partial charge in [-0.25, -0.2) is 19.2 Å². The third-order valence-corrected chi connectivity index (χ3v) is 3.88. The van der Waals surface area contributed by atoms with Crippen LogP contribution < -0.4 is 18.9 Å². The summed E-state index contributed by atoms with van der Waals surface area (Å²) in [6.45, 7) is 13.4. The van der Waals surface area contributed by atoms with Crippen LogP contribution in [0.2, 0.25) is 0 Å². The molecule has 8 heteroatoms. The number of rotatable bonds is 10. The highest BCUT2D eigenvalue weighted by Crippen LogP contribution is 2.29. The van der Waals surface area contributed by atoms with Gasteiger partial charge in [-0.15, -0.1) is 0 Å². The predicted molar refractivity (Wildman–Crippen MR) is 125 cm³/mol. The van der Waals surface area contributed by atoms with E-state index in [2.05, 4.69) is 26.3 Å². The SMILES string of the molecule is C=CC(=O)Oc1cc(C=Cc2ccc(OC(=O)C=C)cc2OC(=O)C=C)cc(OC(=O)C=C)c1. The average molecular weight is 460 g/mol. The van der Waals surface area contributed by atoms with Gasteiger partial charge in [-0.2, -0.15) is 0 Å². The normalized spacial score (nSPS) is 10.0. The van der Waals surface area contributed by atoms with E-state index in [0.717, 1.165) is 24.3 Å². The van der Waals surface area contributed by atoms with Crippen molar-refractivity contribution in [3.05, 3.63) is 98.1 Å². The van der Waals surface area contributed by atoms with E-state index in [0.29, 0.717) is 11.1 Å². The first-order valence-corrected chi connectivity index (χ1v) is 9.62. The van der Waals surface area contributed by atoms with Gasteiger partial charge in [0.1, 0.15) is 23.0 Å². The van der Waals surface area contributed by atoms with Crippen LogP contribution in [0.1, 0.15) is 11.1 Å². The number of benzene rings is 2. The highest BCUT2D eigenvalue weighted by atomic mass is 16.6. The second-order valence-corrected chi connectivity index (χ2v) is 6.27. The molecule has 34 heavy (non-hydrogen) atoms. The van der Waals surface area contributed by atoms with Crippen molar-refractivity contribution in [3.8, 4) is 23.0 Å². The molecule has 0 aromatic heterocycles. The predicted octanol–water partition coefficient (Wildman–Crippen LogP) is 4.22. The molecule has 0 fully saturated rings. The standard InChI is InChI=1S/C26H20O8/c1-5-23(27)31-19-12-11-18(22(16-19)34-26(30)8-4)10-9-17-13-20(32-24(28)6-2)15-21(14-17)33-25(29)7-3/h5-16H,1-4H2. The Labute approximate surface area is 195 Å². The van der Waals surface area contributed by atoms with Crippen LogP contribution in [-0.4, -0.2) is 23.9 Å². The van der Waals surface area contributed by atoms with Crippen LogP contribution >= 0.6 is 0 Å². The smallest absolute Gasteiger partial charge is 0.335 e. The Balaban J connectivity index is 2.45. The van der Waals surface area contributed by atoms with Crippen molar-refractivity contribution in [2.75, 3.05) is 0 Å². The van der Waals surface area contributed by atoms with Crippen molar-refractivity contribution in [2.45, 2.75) is 0 Å². The molecule has 0 saturated carbocycles. The molecule has 0 bridgehead atoms. The van der Waals surface area contributed by atoms with Crippen LogP contribution in [0.3, 0.4) is 0 Å². The fourth-order valence-corrected chi connectivity index (χ4v) is 2.42. The lowest BCUT2D eigenvalue weighted by Gasteiger charge is -2.09. The van der Waals surface area contributed by atoms with Crippen molar-refractivity contribution in [1.82, 2.24) is 0 Å². The highest BCUT2D eigenvalue weighted by Gasteiger charge is 2.11. The molecule has 2 aromatic carbocycles. The Morgan fingerprint density at radius 2 is 1.03 bits per heavy atom. The maximum atomic E-state index is 11.7. The monoisotopic (exact) mass is 460 g/mol. The van der Waals surface area contributed by atoms with Crippen LogP contribution in [-0.2, 0) is 19.2 Å². The Morgan fingerprint density at radius 1 is 0.559 bits per heavy atom. The molecule has 0 radical (unpaired) electrons. The van der Waals surface area contributed by atoms with Crippen LogP contribution in [0.15, 0.2) is 87.0 Å². The molecule has 0 atom stereocenters. The molecule has 8 nitrogen and oxygen atoms in total. The molecule has 2 aromatic rings. The van der Waals surface area contributed by atoms with Gasteiger partial charge in [0.15, 0.2) is 0 Å². The van der Waals surface area contributed by atoms with Gasteiger partial charge < -0.3 is 18.9 Å². The Kier molecular flexibility index (Phi) is 9.04.